The van der Waals surface area contributed by atoms with Gasteiger partial charge in [-0.05, 0) is 28.8 Å². The van der Waals surface area contributed by atoms with Gasteiger partial charge in [-0.3, -0.25) is 4.79 Å². The van der Waals surface area contributed by atoms with Crippen LogP contribution >= 0.6 is 0 Å². The molecule has 0 fully saturated rings. The molecule has 0 aliphatic carbocycles. The maximum atomic E-state index is 11.3. The third-order valence-electron chi connectivity index (χ3n) is 2.94. The number of nitrogens with one attached hydrogen (secondary N) is 1. The number of carbonyl (C=O) groups excluding carboxylic acids is 1. The minimum atomic E-state index is 0.00567. The van der Waals surface area contributed by atoms with E-state index in [9.17, 15) is 4.79 Å². The van der Waals surface area contributed by atoms with Crippen molar-refractivity contribution in [3.05, 3.63) is 59.7 Å². The van der Waals surface area contributed by atoms with E-state index in [4.69, 9.17) is 5.26 Å². The van der Waals surface area contributed by atoms with Crippen molar-refractivity contribution >= 4 is 5.91 Å². The normalized spacial score (nSPS) is 9.68. The summed E-state index contributed by atoms with van der Waals surface area (Å²) in [4.78, 5) is 11.3. The third-order valence-corrected chi connectivity index (χ3v) is 2.94. The highest BCUT2D eigenvalue weighted by Gasteiger charge is 2.02. The van der Waals surface area contributed by atoms with Crippen LogP contribution in [0.1, 0.15) is 11.1 Å². The average molecular weight is 250 g/mol. The van der Waals surface area contributed by atoms with Gasteiger partial charge in [0.05, 0.1) is 18.1 Å². The number of nitrogens with zero attached hydrogens (tertiary/aromatic N) is 1. The van der Waals surface area contributed by atoms with Crippen LogP contribution in [-0.4, -0.2) is 13.0 Å². The second-order valence-electron chi connectivity index (χ2n) is 4.24. The quantitative estimate of drug-likeness (QED) is 0.910. The second kappa shape index (κ2) is 5.83. The minimum absolute atomic E-state index is 0.00567. The van der Waals surface area contributed by atoms with Crippen LogP contribution in [0.5, 0.6) is 0 Å². The predicted molar refractivity (Wildman–Crippen MR) is 74.4 cm³/mol. The van der Waals surface area contributed by atoms with Crippen LogP contribution in [-0.2, 0) is 11.2 Å². The zero-order chi connectivity index (χ0) is 13.7. The lowest BCUT2D eigenvalue weighted by molar-refractivity contribution is -0.119. The summed E-state index contributed by atoms with van der Waals surface area (Å²) in [6.45, 7) is 0. The molecule has 0 spiro atoms. The number of hydrogen-bond acceptors (Lipinski definition) is 2. The number of nitriles is 1. The topological polar surface area (TPSA) is 52.9 Å². The van der Waals surface area contributed by atoms with Gasteiger partial charge in [0.15, 0.2) is 0 Å². The maximum Gasteiger partial charge on any atom is 0.224 e. The summed E-state index contributed by atoms with van der Waals surface area (Å²) in [5, 5.41) is 11.4. The first-order valence-corrected chi connectivity index (χ1v) is 6.03. The Bertz CT molecular complexity index is 607. The van der Waals surface area contributed by atoms with Gasteiger partial charge in [-0.15, -0.1) is 0 Å². The third kappa shape index (κ3) is 3.20. The molecule has 0 radical (unpaired) electrons. The molecule has 0 aliphatic heterocycles. The zero-order valence-corrected chi connectivity index (χ0v) is 10.7. The van der Waals surface area contributed by atoms with Crippen molar-refractivity contribution in [2.75, 3.05) is 7.05 Å². The Morgan fingerprint density at radius 1 is 1.05 bits per heavy atom. The molecule has 0 bridgehead atoms. The molecule has 0 aromatic heterocycles. The van der Waals surface area contributed by atoms with Crippen LogP contribution in [0.3, 0.4) is 0 Å². The van der Waals surface area contributed by atoms with E-state index in [0.29, 0.717) is 12.0 Å². The molecule has 0 heterocycles. The Labute approximate surface area is 112 Å². The van der Waals surface area contributed by atoms with Gasteiger partial charge in [0.25, 0.3) is 0 Å². The van der Waals surface area contributed by atoms with E-state index >= 15 is 0 Å². The summed E-state index contributed by atoms with van der Waals surface area (Å²) in [5.74, 6) is 0.00567. The first kappa shape index (κ1) is 12.8. The van der Waals surface area contributed by atoms with Gasteiger partial charge >= 0.3 is 0 Å². The second-order valence-corrected chi connectivity index (χ2v) is 4.24. The fourth-order valence-electron chi connectivity index (χ4n) is 1.83. The van der Waals surface area contributed by atoms with Crippen molar-refractivity contribution in [2.45, 2.75) is 6.42 Å². The summed E-state index contributed by atoms with van der Waals surface area (Å²) in [5.41, 5.74) is 3.77. The molecule has 3 heteroatoms. The van der Waals surface area contributed by atoms with E-state index in [0.717, 1.165) is 16.7 Å². The molecule has 2 aromatic rings. The highest BCUT2D eigenvalue weighted by molar-refractivity contribution is 5.78. The average Bonchev–Trinajstić information content (AvgIpc) is 2.48. The molecule has 0 aliphatic rings. The van der Waals surface area contributed by atoms with Gasteiger partial charge in [-0.25, -0.2) is 0 Å². The fourth-order valence-corrected chi connectivity index (χ4v) is 1.83. The number of hydrogen-bond donors (Lipinski definition) is 1. The minimum Gasteiger partial charge on any atom is -0.359 e. The Morgan fingerprint density at radius 2 is 1.58 bits per heavy atom. The van der Waals surface area contributed by atoms with Gasteiger partial charge in [0.2, 0.25) is 5.91 Å². The summed E-state index contributed by atoms with van der Waals surface area (Å²) >= 11 is 0. The predicted octanol–water partition coefficient (Wildman–Crippen LogP) is 2.51. The van der Waals surface area contributed by atoms with Crippen LogP contribution < -0.4 is 5.32 Å². The largest absolute Gasteiger partial charge is 0.359 e. The Kier molecular flexibility index (Phi) is 3.94. The number of rotatable bonds is 3. The van der Waals surface area contributed by atoms with E-state index in [2.05, 4.69) is 11.4 Å². The molecule has 0 saturated heterocycles. The SMILES string of the molecule is CNC(=O)Cc1ccc(-c2ccc(C#N)cc2)cc1. The smallest absolute Gasteiger partial charge is 0.224 e. The van der Waals surface area contributed by atoms with Crippen LogP contribution in [0, 0.1) is 11.3 Å². The molecule has 19 heavy (non-hydrogen) atoms. The van der Waals surface area contributed by atoms with Crippen LogP contribution in [0.15, 0.2) is 48.5 Å². The van der Waals surface area contributed by atoms with Gasteiger partial charge in [0.1, 0.15) is 0 Å². The van der Waals surface area contributed by atoms with Crippen molar-refractivity contribution in [3.63, 3.8) is 0 Å². The summed E-state index contributed by atoms with van der Waals surface area (Å²) in [7, 11) is 1.63. The fraction of sp³-hybridized carbons (Fsp3) is 0.125. The molecule has 2 aromatic carbocycles. The summed E-state index contributed by atoms with van der Waals surface area (Å²) < 4.78 is 0. The number of likely N-dealkylation sites (N-methyl/N-ethyl adjacent to an activating group) is 1. The van der Waals surface area contributed by atoms with E-state index < -0.39 is 0 Å². The maximum absolute atomic E-state index is 11.3. The van der Waals surface area contributed by atoms with Gasteiger partial charge in [-0.2, -0.15) is 5.26 Å². The monoisotopic (exact) mass is 250 g/mol. The lowest BCUT2D eigenvalue weighted by Gasteiger charge is -2.04. The van der Waals surface area contributed by atoms with E-state index in [1.165, 1.54) is 0 Å². The first-order chi connectivity index (χ1) is 9.22. The molecule has 1 amide bonds. The van der Waals surface area contributed by atoms with Crippen molar-refractivity contribution in [2.24, 2.45) is 0 Å². The van der Waals surface area contributed by atoms with Gasteiger partial charge in [-0.1, -0.05) is 36.4 Å². The van der Waals surface area contributed by atoms with Crippen molar-refractivity contribution in [3.8, 4) is 17.2 Å². The van der Waals surface area contributed by atoms with Crippen LogP contribution in [0.2, 0.25) is 0 Å². The van der Waals surface area contributed by atoms with Gasteiger partial charge < -0.3 is 5.32 Å². The van der Waals surface area contributed by atoms with E-state index in [1.807, 2.05) is 36.4 Å². The van der Waals surface area contributed by atoms with Crippen LogP contribution in [0.25, 0.3) is 11.1 Å². The lowest BCUT2D eigenvalue weighted by Crippen LogP contribution is -2.19. The van der Waals surface area contributed by atoms with Crippen LogP contribution in [0.4, 0.5) is 0 Å². The van der Waals surface area contributed by atoms with Crippen molar-refractivity contribution in [1.29, 1.82) is 5.26 Å². The molecule has 3 nitrogen and oxygen atoms in total. The standard InChI is InChI=1S/C16H14N2O/c1-18-16(19)10-12-2-6-14(7-3-12)15-8-4-13(11-17)5-9-15/h2-9H,10H2,1H3,(H,18,19). The highest BCUT2D eigenvalue weighted by atomic mass is 16.1. The molecule has 1 N–H and O–H groups in total. The lowest BCUT2D eigenvalue weighted by atomic mass is 10.0. The first-order valence-electron chi connectivity index (χ1n) is 6.03. The van der Waals surface area contributed by atoms with Gasteiger partial charge in [0, 0.05) is 7.05 Å². The Hall–Kier alpha value is -2.60. The summed E-state index contributed by atoms with van der Waals surface area (Å²) in [6, 6.07) is 17.4. The Balaban J connectivity index is 2.17. The molecule has 0 unspecified atom stereocenters. The zero-order valence-electron chi connectivity index (χ0n) is 10.7. The molecule has 0 saturated carbocycles. The molecular weight excluding hydrogens is 236 g/mol. The number of carbonyl (C=O) groups is 1. The summed E-state index contributed by atoms with van der Waals surface area (Å²) in [6.07, 6.45) is 0.393. The number of amides is 1. The van der Waals surface area contributed by atoms with E-state index in [1.54, 1.807) is 19.2 Å². The molecule has 94 valence electrons. The van der Waals surface area contributed by atoms with Crippen molar-refractivity contribution in [1.82, 2.24) is 5.32 Å². The highest BCUT2D eigenvalue weighted by Crippen LogP contribution is 2.20. The molecular formula is C16H14N2O. The van der Waals surface area contributed by atoms with E-state index in [-0.39, 0.29) is 5.91 Å². The van der Waals surface area contributed by atoms with Crippen molar-refractivity contribution < 1.29 is 4.79 Å². The Morgan fingerprint density at radius 3 is 2.05 bits per heavy atom. The number of benzene rings is 2. The molecule has 0 atom stereocenters. The molecule has 2 rings (SSSR count).